The van der Waals surface area contributed by atoms with Gasteiger partial charge in [-0.15, -0.1) is 0 Å². The van der Waals surface area contributed by atoms with E-state index in [1.165, 1.54) is 24.3 Å². The van der Waals surface area contributed by atoms with E-state index in [4.69, 9.17) is 19.3 Å². The summed E-state index contributed by atoms with van der Waals surface area (Å²) >= 11 is 0. The van der Waals surface area contributed by atoms with Gasteiger partial charge in [0.05, 0.1) is 17.6 Å². The minimum atomic E-state index is -1.23. The second-order valence-electron chi connectivity index (χ2n) is 5.90. The maximum absolute atomic E-state index is 12.1. The van der Waals surface area contributed by atoms with Crippen LogP contribution in [0.4, 0.5) is 15.3 Å². The molecule has 1 heterocycles. The smallest absolute Gasteiger partial charge is 0.465 e. The molecule has 2 rings (SSSR count). The van der Waals surface area contributed by atoms with Crippen molar-refractivity contribution in [2.75, 3.05) is 13.2 Å². The molecule has 1 fully saturated rings. The molecule has 1 aliphatic heterocycles. The quantitative estimate of drug-likeness (QED) is 0.338. The highest BCUT2D eigenvalue weighted by molar-refractivity contribution is 5.66. The first-order valence-electron chi connectivity index (χ1n) is 8.07. The third kappa shape index (κ3) is 5.59. The van der Waals surface area contributed by atoms with E-state index in [1.807, 2.05) is 0 Å². The van der Waals surface area contributed by atoms with E-state index >= 15 is 0 Å². The first-order valence-corrected chi connectivity index (χ1v) is 8.07. The molecule has 0 spiro atoms. The second kappa shape index (κ2) is 8.99. The van der Waals surface area contributed by atoms with Gasteiger partial charge in [-0.25, -0.2) is 9.59 Å². The summed E-state index contributed by atoms with van der Waals surface area (Å²) in [5.74, 6) is -0.0897. The molecule has 0 saturated carbocycles. The zero-order chi connectivity index (χ0) is 19.1. The number of nitrogens with zero attached hydrogens (tertiary/aromatic N) is 1. The number of hydrogen-bond donors (Lipinski definition) is 2. The van der Waals surface area contributed by atoms with E-state index < -0.39 is 29.3 Å². The number of amides is 1. The SMILES string of the molecule is CC(NC(=O)O)[C@H](OC(=O)Oc1ccc([N+](=O)[O-])cc1)[C@@H]1CCCOC1. The van der Waals surface area contributed by atoms with Crippen LogP contribution >= 0.6 is 0 Å². The lowest BCUT2D eigenvalue weighted by Gasteiger charge is -2.33. The van der Waals surface area contributed by atoms with Gasteiger partial charge in [-0.2, -0.15) is 0 Å². The van der Waals surface area contributed by atoms with Gasteiger partial charge in [0.1, 0.15) is 11.9 Å². The van der Waals surface area contributed by atoms with Gasteiger partial charge in [0.2, 0.25) is 0 Å². The van der Waals surface area contributed by atoms with E-state index in [1.54, 1.807) is 6.92 Å². The topological polar surface area (TPSA) is 137 Å². The molecule has 3 atom stereocenters. The van der Waals surface area contributed by atoms with Gasteiger partial charge < -0.3 is 24.6 Å². The molecular formula is C16H20N2O8. The summed E-state index contributed by atoms with van der Waals surface area (Å²) in [6.07, 6.45) is -1.51. The van der Waals surface area contributed by atoms with Crippen molar-refractivity contribution in [2.45, 2.75) is 31.9 Å². The summed E-state index contributed by atoms with van der Waals surface area (Å²) in [7, 11) is 0. The molecule has 1 unspecified atom stereocenters. The number of benzene rings is 1. The molecule has 1 amide bonds. The molecule has 1 aromatic carbocycles. The highest BCUT2D eigenvalue weighted by atomic mass is 16.7. The Balaban J connectivity index is 2.02. The minimum absolute atomic E-state index is 0.0816. The van der Waals surface area contributed by atoms with Gasteiger partial charge in [-0.05, 0) is 31.9 Å². The van der Waals surface area contributed by atoms with Gasteiger partial charge in [0.25, 0.3) is 5.69 Å². The fraction of sp³-hybridized carbons (Fsp3) is 0.500. The summed E-state index contributed by atoms with van der Waals surface area (Å²) < 4.78 is 15.7. The van der Waals surface area contributed by atoms with E-state index in [2.05, 4.69) is 5.32 Å². The maximum Gasteiger partial charge on any atom is 0.514 e. The van der Waals surface area contributed by atoms with E-state index in [9.17, 15) is 19.7 Å². The molecule has 0 aliphatic carbocycles. The van der Waals surface area contributed by atoms with Crippen LogP contribution < -0.4 is 10.1 Å². The van der Waals surface area contributed by atoms with Crippen LogP contribution in [0.5, 0.6) is 5.75 Å². The van der Waals surface area contributed by atoms with E-state index in [0.29, 0.717) is 13.2 Å². The number of nitrogens with one attached hydrogen (secondary N) is 1. The molecule has 10 nitrogen and oxygen atoms in total. The zero-order valence-electron chi connectivity index (χ0n) is 14.1. The third-order valence-corrected chi connectivity index (χ3v) is 3.99. The summed E-state index contributed by atoms with van der Waals surface area (Å²) in [5.41, 5.74) is -0.137. The molecule has 142 valence electrons. The van der Waals surface area contributed by atoms with Crippen LogP contribution in [0.3, 0.4) is 0 Å². The Hall–Kier alpha value is -2.88. The van der Waals surface area contributed by atoms with Crippen molar-refractivity contribution in [3.63, 3.8) is 0 Å². The lowest BCUT2D eigenvalue weighted by atomic mass is 9.91. The van der Waals surface area contributed by atoms with Gasteiger partial charge in [-0.3, -0.25) is 10.1 Å². The number of nitro groups is 1. The Labute approximate surface area is 149 Å². The highest BCUT2D eigenvalue weighted by Gasteiger charge is 2.33. The standard InChI is InChI=1S/C16H20N2O8/c1-10(17-15(19)20)14(11-3-2-8-24-9-11)26-16(21)25-13-6-4-12(5-7-13)18(22)23/h4-7,10-11,14,17H,2-3,8-9H2,1H3,(H,19,20)/t10?,11-,14+/m1/s1. The van der Waals surface area contributed by atoms with E-state index in [-0.39, 0.29) is 17.4 Å². The summed E-state index contributed by atoms with van der Waals surface area (Å²) in [6, 6.07) is 4.28. The Kier molecular flexibility index (Phi) is 6.73. The number of ether oxygens (including phenoxy) is 3. The lowest BCUT2D eigenvalue weighted by molar-refractivity contribution is -0.384. The minimum Gasteiger partial charge on any atom is -0.465 e. The number of rotatable bonds is 6. The maximum atomic E-state index is 12.1. The zero-order valence-corrected chi connectivity index (χ0v) is 14.1. The molecule has 1 aromatic rings. The number of nitro benzene ring substituents is 1. The molecule has 10 heteroatoms. The predicted molar refractivity (Wildman–Crippen MR) is 88.2 cm³/mol. The Morgan fingerprint density at radius 3 is 2.62 bits per heavy atom. The molecule has 0 radical (unpaired) electrons. The van der Waals surface area contributed by atoms with Crippen LogP contribution in [0.2, 0.25) is 0 Å². The third-order valence-electron chi connectivity index (χ3n) is 3.99. The first-order chi connectivity index (χ1) is 12.4. The van der Waals surface area contributed by atoms with Crippen LogP contribution in [0.1, 0.15) is 19.8 Å². The lowest BCUT2D eigenvalue weighted by Crippen LogP contribution is -2.48. The van der Waals surface area contributed by atoms with Crippen LogP contribution in [-0.4, -0.2) is 47.6 Å². The largest absolute Gasteiger partial charge is 0.514 e. The van der Waals surface area contributed by atoms with Crippen LogP contribution in [-0.2, 0) is 9.47 Å². The number of carbonyl (C=O) groups excluding carboxylic acids is 1. The van der Waals surface area contributed by atoms with Crippen molar-refractivity contribution in [3.05, 3.63) is 34.4 Å². The molecule has 0 aromatic heterocycles. The van der Waals surface area contributed by atoms with Crippen molar-refractivity contribution >= 4 is 17.9 Å². The average molecular weight is 368 g/mol. The summed E-state index contributed by atoms with van der Waals surface area (Å²) in [5, 5.41) is 21.8. The van der Waals surface area contributed by atoms with Crippen molar-refractivity contribution in [1.29, 1.82) is 0 Å². The van der Waals surface area contributed by atoms with Crippen LogP contribution in [0, 0.1) is 16.0 Å². The fourth-order valence-corrected chi connectivity index (χ4v) is 2.78. The van der Waals surface area contributed by atoms with Crippen LogP contribution in [0.25, 0.3) is 0 Å². The number of carbonyl (C=O) groups is 2. The van der Waals surface area contributed by atoms with Crippen molar-refractivity contribution < 1.29 is 33.8 Å². The van der Waals surface area contributed by atoms with Gasteiger partial charge in [-0.1, -0.05) is 0 Å². The molecule has 1 aliphatic rings. The van der Waals surface area contributed by atoms with Gasteiger partial charge in [0.15, 0.2) is 0 Å². The van der Waals surface area contributed by atoms with Crippen LogP contribution in [0.15, 0.2) is 24.3 Å². The van der Waals surface area contributed by atoms with Crippen molar-refractivity contribution in [3.8, 4) is 5.75 Å². The Bertz CT molecular complexity index is 642. The molecule has 26 heavy (non-hydrogen) atoms. The predicted octanol–water partition coefficient (Wildman–Crippen LogP) is 2.56. The van der Waals surface area contributed by atoms with E-state index in [0.717, 1.165) is 12.8 Å². The molecule has 0 bridgehead atoms. The summed E-state index contributed by atoms with van der Waals surface area (Å²) in [4.78, 5) is 33.0. The van der Waals surface area contributed by atoms with Crippen molar-refractivity contribution in [2.24, 2.45) is 5.92 Å². The van der Waals surface area contributed by atoms with Gasteiger partial charge in [0, 0.05) is 24.7 Å². The Morgan fingerprint density at radius 2 is 2.08 bits per heavy atom. The first kappa shape index (κ1) is 19.4. The highest BCUT2D eigenvalue weighted by Crippen LogP contribution is 2.24. The fourth-order valence-electron chi connectivity index (χ4n) is 2.78. The number of non-ortho nitro benzene ring substituents is 1. The monoisotopic (exact) mass is 368 g/mol. The Morgan fingerprint density at radius 1 is 1.38 bits per heavy atom. The second-order valence-corrected chi connectivity index (χ2v) is 5.90. The number of carboxylic acid groups (broad SMARTS) is 1. The van der Waals surface area contributed by atoms with Crippen molar-refractivity contribution in [1.82, 2.24) is 5.32 Å². The summed E-state index contributed by atoms with van der Waals surface area (Å²) in [6.45, 7) is 2.55. The molecule has 1 saturated heterocycles. The molecule has 2 N–H and O–H groups in total. The molecular weight excluding hydrogens is 348 g/mol. The van der Waals surface area contributed by atoms with Gasteiger partial charge >= 0.3 is 12.2 Å². The number of hydrogen-bond acceptors (Lipinski definition) is 7. The normalized spacial score (nSPS) is 19.0. The average Bonchev–Trinajstić information content (AvgIpc) is 2.60.